The highest BCUT2D eigenvalue weighted by molar-refractivity contribution is 8.02. The third-order valence-electron chi connectivity index (χ3n) is 3.29. The summed E-state index contributed by atoms with van der Waals surface area (Å²) >= 11 is 1.16. The van der Waals surface area contributed by atoms with Gasteiger partial charge in [0.25, 0.3) is 17.7 Å². The van der Waals surface area contributed by atoms with Gasteiger partial charge in [0, 0.05) is 5.41 Å². The molecule has 3 amide bonds. The van der Waals surface area contributed by atoms with Crippen LogP contribution in [-0.2, 0) is 9.59 Å². The second-order valence-electron chi connectivity index (χ2n) is 4.69. The number of carbonyl (C=O) groups excluding carboxylic acids is 3. The zero-order valence-corrected chi connectivity index (χ0v) is 12.0. The van der Waals surface area contributed by atoms with E-state index < -0.39 is 30.2 Å². The van der Waals surface area contributed by atoms with E-state index in [1.807, 2.05) is 0 Å². The Balaban J connectivity index is 1.94. The number of fused-ring (bicyclic) bond motifs is 1. The van der Waals surface area contributed by atoms with Crippen LogP contribution < -0.4 is 0 Å². The minimum Gasteiger partial charge on any atom is -0.480 e. The quantitative estimate of drug-likeness (QED) is 0.826. The Hall–Kier alpha value is -2.61. The number of thioether (sulfide) groups is 1. The van der Waals surface area contributed by atoms with Gasteiger partial charge in [0.05, 0.1) is 17.0 Å². The molecule has 0 radical (unpaired) electrons. The molecule has 1 aromatic rings. The Morgan fingerprint density at radius 2 is 1.68 bits per heavy atom. The molecule has 1 N–H and O–H groups in total. The Kier molecular flexibility index (Phi) is 3.45. The molecule has 2 aliphatic heterocycles. The second kappa shape index (κ2) is 5.30. The summed E-state index contributed by atoms with van der Waals surface area (Å²) in [5, 5.41) is 10.2. The molecule has 2 aliphatic rings. The molecule has 0 atom stereocenters. The number of hydrogen-bond donors (Lipinski definition) is 1. The summed E-state index contributed by atoms with van der Waals surface area (Å²) in [6.07, 6.45) is 0. The van der Waals surface area contributed by atoms with Crippen molar-refractivity contribution in [3.05, 3.63) is 46.5 Å². The van der Waals surface area contributed by atoms with Crippen LogP contribution in [-0.4, -0.2) is 51.0 Å². The van der Waals surface area contributed by atoms with E-state index in [1.54, 1.807) is 12.1 Å². The Labute approximate surface area is 129 Å². The summed E-state index contributed by atoms with van der Waals surface area (Å²) < 4.78 is 0. The maximum atomic E-state index is 12.3. The first kappa shape index (κ1) is 14.3. The first-order chi connectivity index (χ1) is 10.5. The van der Waals surface area contributed by atoms with E-state index in [-0.39, 0.29) is 22.7 Å². The molecule has 0 saturated heterocycles. The monoisotopic (exact) mass is 318 g/mol. The number of carboxylic acids is 1. The summed E-state index contributed by atoms with van der Waals surface area (Å²) in [6, 6.07) is 6.31. The fourth-order valence-corrected chi connectivity index (χ4v) is 3.14. The molecule has 0 aromatic heterocycles. The molecule has 0 fully saturated rings. The summed E-state index contributed by atoms with van der Waals surface area (Å²) in [6.45, 7) is -0.480. The molecule has 0 saturated carbocycles. The maximum absolute atomic E-state index is 12.3. The SMILES string of the molecule is O=C(O)CN1CSC=C(N2C(=O)c3ccccc3C2=O)C1=O. The number of imide groups is 1. The lowest BCUT2D eigenvalue weighted by atomic mass is 10.1. The number of hydrogen-bond acceptors (Lipinski definition) is 5. The van der Waals surface area contributed by atoms with Crippen molar-refractivity contribution in [3.8, 4) is 0 Å². The number of benzene rings is 1. The molecule has 2 heterocycles. The molecular formula is C14H10N2O5S. The van der Waals surface area contributed by atoms with Gasteiger partial charge in [-0.05, 0) is 12.1 Å². The Morgan fingerprint density at radius 3 is 2.23 bits per heavy atom. The molecule has 8 heteroatoms. The predicted molar refractivity (Wildman–Crippen MR) is 76.8 cm³/mol. The van der Waals surface area contributed by atoms with Gasteiger partial charge in [0.2, 0.25) is 0 Å². The number of aliphatic carboxylic acids is 1. The van der Waals surface area contributed by atoms with Crippen molar-refractivity contribution in [1.29, 1.82) is 0 Å². The largest absolute Gasteiger partial charge is 0.480 e. The van der Waals surface area contributed by atoms with Crippen LogP contribution in [0, 0.1) is 0 Å². The molecule has 1 aromatic carbocycles. The van der Waals surface area contributed by atoms with Gasteiger partial charge in [-0.15, -0.1) is 11.8 Å². The molecule has 0 bridgehead atoms. The lowest BCUT2D eigenvalue weighted by Crippen LogP contribution is -2.44. The van der Waals surface area contributed by atoms with E-state index in [9.17, 15) is 19.2 Å². The van der Waals surface area contributed by atoms with E-state index in [0.717, 1.165) is 21.6 Å². The highest BCUT2D eigenvalue weighted by Crippen LogP contribution is 2.30. The highest BCUT2D eigenvalue weighted by Gasteiger charge is 2.41. The zero-order chi connectivity index (χ0) is 15.9. The van der Waals surface area contributed by atoms with Gasteiger partial charge >= 0.3 is 5.97 Å². The van der Waals surface area contributed by atoms with Crippen LogP contribution in [0.5, 0.6) is 0 Å². The van der Waals surface area contributed by atoms with Gasteiger partial charge in [-0.25, -0.2) is 4.90 Å². The fourth-order valence-electron chi connectivity index (χ4n) is 2.31. The van der Waals surface area contributed by atoms with Crippen LogP contribution in [0.15, 0.2) is 35.4 Å². The van der Waals surface area contributed by atoms with Crippen LogP contribution >= 0.6 is 11.8 Å². The lowest BCUT2D eigenvalue weighted by Gasteiger charge is -2.28. The Morgan fingerprint density at radius 1 is 1.09 bits per heavy atom. The first-order valence-corrected chi connectivity index (χ1v) is 7.36. The third kappa shape index (κ3) is 2.17. The number of carbonyl (C=O) groups is 4. The first-order valence-electron chi connectivity index (χ1n) is 6.31. The van der Waals surface area contributed by atoms with Gasteiger partial charge < -0.3 is 10.0 Å². The van der Waals surface area contributed by atoms with Crippen molar-refractivity contribution in [1.82, 2.24) is 9.80 Å². The summed E-state index contributed by atoms with van der Waals surface area (Å²) in [7, 11) is 0. The van der Waals surface area contributed by atoms with Gasteiger partial charge in [-0.3, -0.25) is 19.2 Å². The van der Waals surface area contributed by atoms with Crippen molar-refractivity contribution in [3.63, 3.8) is 0 Å². The van der Waals surface area contributed by atoms with Crippen LogP contribution in [0.4, 0.5) is 0 Å². The molecule has 0 aliphatic carbocycles. The van der Waals surface area contributed by atoms with Gasteiger partial charge in [-0.1, -0.05) is 12.1 Å². The smallest absolute Gasteiger partial charge is 0.323 e. The lowest BCUT2D eigenvalue weighted by molar-refractivity contribution is -0.142. The number of nitrogens with zero attached hydrogens (tertiary/aromatic N) is 2. The summed E-state index contributed by atoms with van der Waals surface area (Å²) in [5.41, 5.74) is 0.367. The number of carboxylic acid groups (broad SMARTS) is 1. The van der Waals surface area contributed by atoms with Crippen molar-refractivity contribution in [2.75, 3.05) is 12.4 Å². The molecule has 3 rings (SSSR count). The van der Waals surface area contributed by atoms with E-state index in [4.69, 9.17) is 5.11 Å². The normalized spacial score (nSPS) is 17.6. The average molecular weight is 318 g/mol. The maximum Gasteiger partial charge on any atom is 0.323 e. The van der Waals surface area contributed by atoms with E-state index in [0.29, 0.717) is 0 Å². The van der Waals surface area contributed by atoms with Crippen LogP contribution in [0.1, 0.15) is 20.7 Å². The topological polar surface area (TPSA) is 95.0 Å². The minimum absolute atomic E-state index is 0.108. The molecule has 0 spiro atoms. The standard InChI is InChI=1S/C14H10N2O5S/c17-11(18)5-15-7-22-6-10(14(15)21)16-12(19)8-3-1-2-4-9(8)13(16)20/h1-4,6H,5,7H2,(H,17,18). The second-order valence-corrected chi connectivity index (χ2v) is 5.51. The highest BCUT2D eigenvalue weighted by atomic mass is 32.2. The van der Waals surface area contributed by atoms with Crippen LogP contribution in [0.2, 0.25) is 0 Å². The summed E-state index contributed by atoms with van der Waals surface area (Å²) in [5.74, 6) is -2.78. The van der Waals surface area contributed by atoms with Crippen molar-refractivity contribution < 1.29 is 24.3 Å². The van der Waals surface area contributed by atoms with Gasteiger partial charge in [0.15, 0.2) is 0 Å². The van der Waals surface area contributed by atoms with Crippen molar-refractivity contribution in [2.24, 2.45) is 0 Å². The van der Waals surface area contributed by atoms with Crippen LogP contribution in [0.25, 0.3) is 0 Å². The molecule has 0 unspecified atom stereocenters. The zero-order valence-electron chi connectivity index (χ0n) is 11.2. The molecule has 7 nitrogen and oxygen atoms in total. The van der Waals surface area contributed by atoms with Crippen molar-refractivity contribution in [2.45, 2.75) is 0 Å². The number of amides is 3. The molecular weight excluding hydrogens is 308 g/mol. The van der Waals surface area contributed by atoms with Gasteiger partial charge in [-0.2, -0.15) is 0 Å². The molecule has 22 heavy (non-hydrogen) atoms. The minimum atomic E-state index is -1.16. The molecule has 112 valence electrons. The average Bonchev–Trinajstić information content (AvgIpc) is 2.74. The van der Waals surface area contributed by atoms with Crippen molar-refractivity contribution >= 4 is 35.5 Å². The van der Waals surface area contributed by atoms with E-state index in [1.165, 1.54) is 17.5 Å². The predicted octanol–water partition coefficient (Wildman–Crippen LogP) is 0.742. The number of rotatable bonds is 3. The third-order valence-corrected chi connectivity index (χ3v) is 4.14. The van der Waals surface area contributed by atoms with E-state index >= 15 is 0 Å². The van der Waals surface area contributed by atoms with Gasteiger partial charge in [0.1, 0.15) is 12.2 Å². The summed E-state index contributed by atoms with van der Waals surface area (Å²) in [4.78, 5) is 49.7. The Bertz CT molecular complexity index is 708. The van der Waals surface area contributed by atoms with E-state index in [2.05, 4.69) is 0 Å². The van der Waals surface area contributed by atoms with Crippen LogP contribution in [0.3, 0.4) is 0 Å². The fraction of sp³-hybridized carbons (Fsp3) is 0.143.